The summed E-state index contributed by atoms with van der Waals surface area (Å²) in [6, 6.07) is 0. The zero-order valence-corrected chi connectivity index (χ0v) is 17.6. The third kappa shape index (κ3) is 2.83. The molecule has 2 heterocycles. The summed E-state index contributed by atoms with van der Waals surface area (Å²) in [5.41, 5.74) is -1.53. The van der Waals surface area contributed by atoms with Crippen LogP contribution in [0.2, 0.25) is 0 Å². The molecule has 2 saturated heterocycles. The van der Waals surface area contributed by atoms with Crippen molar-refractivity contribution in [2.75, 3.05) is 13.2 Å². The van der Waals surface area contributed by atoms with E-state index in [1.807, 2.05) is 0 Å². The highest BCUT2D eigenvalue weighted by molar-refractivity contribution is 5.73. The van der Waals surface area contributed by atoms with E-state index in [-0.39, 0.29) is 35.6 Å². The summed E-state index contributed by atoms with van der Waals surface area (Å²) in [5, 5.41) is 0. The van der Waals surface area contributed by atoms with Crippen molar-refractivity contribution >= 4 is 18.9 Å². The third-order valence-corrected chi connectivity index (χ3v) is 8.87. The second-order valence-corrected chi connectivity index (χ2v) is 10.1. The van der Waals surface area contributed by atoms with Crippen LogP contribution in [-0.4, -0.2) is 49.4 Å². The normalized spacial score (nSPS) is 48.9. The van der Waals surface area contributed by atoms with Gasteiger partial charge in [0.25, 0.3) is 12.9 Å². The van der Waals surface area contributed by atoms with Crippen molar-refractivity contribution < 1.29 is 33.3 Å². The second-order valence-electron chi connectivity index (χ2n) is 10.1. The van der Waals surface area contributed by atoms with Crippen LogP contribution >= 0.6 is 0 Å². The molecule has 2 spiro atoms. The molecule has 2 aliphatic heterocycles. The van der Waals surface area contributed by atoms with Gasteiger partial charge in [-0.05, 0) is 50.4 Å². The van der Waals surface area contributed by atoms with Crippen LogP contribution in [0.5, 0.6) is 0 Å². The molecule has 2 saturated carbocycles. The summed E-state index contributed by atoms with van der Waals surface area (Å²) in [6.07, 6.45) is 5.24. The predicted molar refractivity (Wildman–Crippen MR) is 102 cm³/mol. The molecule has 4 fully saturated rings. The van der Waals surface area contributed by atoms with Crippen molar-refractivity contribution in [3.8, 4) is 0 Å². The molecule has 7 atom stereocenters. The first-order valence-corrected chi connectivity index (χ1v) is 10.8. The molecule has 4 rings (SSSR count). The lowest BCUT2D eigenvalue weighted by molar-refractivity contribution is -0.267. The topological polar surface area (TPSA) is 88.1 Å². The number of hydrogen-bond acceptors (Lipinski definition) is 7. The molecule has 7 heteroatoms. The van der Waals surface area contributed by atoms with E-state index in [9.17, 15) is 14.4 Å². The lowest BCUT2D eigenvalue weighted by atomic mass is 9.43. The molecule has 0 unspecified atom stereocenters. The van der Waals surface area contributed by atoms with Gasteiger partial charge in [-0.1, -0.05) is 20.8 Å². The predicted octanol–water partition coefficient (Wildman–Crippen LogP) is 2.79. The molecule has 0 aromatic rings. The second kappa shape index (κ2) is 6.96. The minimum atomic E-state index is -0.512. The molecule has 7 nitrogen and oxygen atoms in total. The molecule has 0 aromatic heterocycles. The summed E-state index contributed by atoms with van der Waals surface area (Å²) in [7, 11) is 0. The van der Waals surface area contributed by atoms with Crippen LogP contribution in [0.15, 0.2) is 0 Å². The van der Waals surface area contributed by atoms with Crippen LogP contribution in [-0.2, 0) is 33.3 Å². The lowest BCUT2D eigenvalue weighted by Gasteiger charge is -2.65. The largest absolute Gasteiger partial charge is 0.467 e. The van der Waals surface area contributed by atoms with Gasteiger partial charge in [0.05, 0.1) is 12.0 Å². The quantitative estimate of drug-likeness (QED) is 0.393. The summed E-state index contributed by atoms with van der Waals surface area (Å²) in [4.78, 5) is 34.0. The monoisotopic (exact) mass is 408 g/mol. The van der Waals surface area contributed by atoms with Gasteiger partial charge in [0.15, 0.2) is 0 Å². The number of rotatable bonds is 5. The van der Waals surface area contributed by atoms with Crippen molar-refractivity contribution in [1.82, 2.24) is 0 Å². The van der Waals surface area contributed by atoms with Crippen molar-refractivity contribution in [3.05, 3.63) is 0 Å². The van der Waals surface area contributed by atoms with Crippen molar-refractivity contribution in [1.29, 1.82) is 0 Å². The molecule has 0 aromatic carbocycles. The van der Waals surface area contributed by atoms with Crippen molar-refractivity contribution in [2.24, 2.45) is 22.7 Å². The highest BCUT2D eigenvalue weighted by Gasteiger charge is 2.70. The van der Waals surface area contributed by atoms with Gasteiger partial charge in [-0.15, -0.1) is 0 Å². The average Bonchev–Trinajstić information content (AvgIpc) is 3.25. The standard InChI is InChI=1S/C22H32O7/c1-15-4-5-16-19(2,11-26-13-23)17(28-14-24)6-7-20(16,3)22(15)9-8-21(29-22)10-18(25)27-12-21/h13-17H,4-12H2,1-3H3/t15-,16-,17+,19+,20+,21+,22-/m1/s1. The van der Waals surface area contributed by atoms with E-state index in [4.69, 9.17) is 18.9 Å². The Morgan fingerprint density at radius 2 is 1.90 bits per heavy atom. The molecule has 0 N–H and O–H groups in total. The highest BCUT2D eigenvalue weighted by atomic mass is 16.6. The van der Waals surface area contributed by atoms with Crippen LogP contribution < -0.4 is 0 Å². The zero-order valence-electron chi connectivity index (χ0n) is 17.6. The lowest BCUT2D eigenvalue weighted by Crippen LogP contribution is -2.66. The van der Waals surface area contributed by atoms with Gasteiger partial charge in [-0.2, -0.15) is 0 Å². The average molecular weight is 408 g/mol. The fourth-order valence-electron chi connectivity index (χ4n) is 7.41. The summed E-state index contributed by atoms with van der Waals surface area (Å²) >= 11 is 0. The third-order valence-electron chi connectivity index (χ3n) is 8.87. The number of carbonyl (C=O) groups is 3. The molecule has 4 aliphatic rings. The van der Waals surface area contributed by atoms with Crippen LogP contribution in [0, 0.1) is 22.7 Å². The molecule has 0 radical (unpaired) electrons. The number of fused-ring (bicyclic) bond motifs is 2. The summed E-state index contributed by atoms with van der Waals surface area (Å²) < 4.78 is 23.0. The Labute approximate surface area is 171 Å². The Kier molecular flexibility index (Phi) is 4.95. The Morgan fingerprint density at radius 3 is 2.55 bits per heavy atom. The zero-order chi connectivity index (χ0) is 20.9. The number of carbonyl (C=O) groups excluding carboxylic acids is 3. The summed E-state index contributed by atoms with van der Waals surface area (Å²) in [6.45, 7) is 8.15. The van der Waals surface area contributed by atoms with E-state index in [1.165, 1.54) is 0 Å². The van der Waals surface area contributed by atoms with Gasteiger partial charge in [0.1, 0.15) is 24.9 Å². The number of hydrogen-bond donors (Lipinski definition) is 0. The van der Waals surface area contributed by atoms with Gasteiger partial charge in [0.2, 0.25) is 0 Å². The van der Waals surface area contributed by atoms with E-state index < -0.39 is 11.0 Å². The molecule has 0 amide bonds. The SMILES string of the molecule is C[C@@H]1CC[C@@H]2[C@](C)(COC=O)[C@@H](OC=O)CC[C@]2(C)[C@@]12CC[C@]1(COC(=O)C1)O2. The summed E-state index contributed by atoms with van der Waals surface area (Å²) in [5.74, 6) is 0.330. The smallest absolute Gasteiger partial charge is 0.308 e. The maximum absolute atomic E-state index is 11.9. The van der Waals surface area contributed by atoms with Crippen LogP contribution in [0.1, 0.15) is 65.7 Å². The fraction of sp³-hybridized carbons (Fsp3) is 0.864. The Bertz CT molecular complexity index is 695. The first kappa shape index (κ1) is 20.6. The number of ether oxygens (including phenoxy) is 4. The maximum atomic E-state index is 11.9. The minimum Gasteiger partial charge on any atom is -0.467 e. The van der Waals surface area contributed by atoms with Gasteiger partial charge in [0, 0.05) is 10.8 Å². The molecular formula is C22H32O7. The molecule has 0 bridgehead atoms. The molecule has 29 heavy (non-hydrogen) atoms. The number of cyclic esters (lactones) is 1. The minimum absolute atomic E-state index is 0.165. The van der Waals surface area contributed by atoms with Crippen LogP contribution in [0.3, 0.4) is 0 Å². The van der Waals surface area contributed by atoms with Gasteiger partial charge >= 0.3 is 5.97 Å². The Morgan fingerprint density at radius 1 is 1.10 bits per heavy atom. The van der Waals surface area contributed by atoms with E-state index in [0.29, 0.717) is 38.3 Å². The van der Waals surface area contributed by atoms with E-state index in [2.05, 4.69) is 20.8 Å². The van der Waals surface area contributed by atoms with E-state index >= 15 is 0 Å². The van der Waals surface area contributed by atoms with E-state index in [0.717, 1.165) is 32.1 Å². The van der Waals surface area contributed by atoms with Gasteiger partial charge in [-0.25, -0.2) is 0 Å². The van der Waals surface area contributed by atoms with Crippen LogP contribution in [0.25, 0.3) is 0 Å². The molecule has 2 aliphatic carbocycles. The first-order valence-electron chi connectivity index (χ1n) is 10.8. The van der Waals surface area contributed by atoms with Crippen LogP contribution in [0.4, 0.5) is 0 Å². The van der Waals surface area contributed by atoms with Crippen molar-refractivity contribution in [3.63, 3.8) is 0 Å². The molecular weight excluding hydrogens is 376 g/mol. The van der Waals surface area contributed by atoms with Crippen molar-refractivity contribution in [2.45, 2.75) is 83.0 Å². The first-order chi connectivity index (χ1) is 13.8. The highest BCUT2D eigenvalue weighted by Crippen LogP contribution is 2.68. The Hall–Kier alpha value is -1.63. The van der Waals surface area contributed by atoms with Gasteiger partial charge in [-0.3, -0.25) is 14.4 Å². The Balaban J connectivity index is 1.71. The molecule has 162 valence electrons. The fourth-order valence-corrected chi connectivity index (χ4v) is 7.41. The van der Waals surface area contributed by atoms with E-state index in [1.54, 1.807) is 0 Å². The number of esters is 1. The maximum Gasteiger partial charge on any atom is 0.308 e. The van der Waals surface area contributed by atoms with Gasteiger partial charge < -0.3 is 18.9 Å².